The summed E-state index contributed by atoms with van der Waals surface area (Å²) in [6.45, 7) is 7.17. The van der Waals surface area contributed by atoms with E-state index in [4.69, 9.17) is 19.2 Å². The molecule has 1 aromatic rings. The molecule has 0 aromatic heterocycles. The number of hydrogen-bond acceptors (Lipinski definition) is 5. The minimum Gasteiger partial charge on any atom is -0.356 e. The highest BCUT2D eigenvalue weighted by atomic mass is 19.1. The average molecular weight is 490 g/mol. The fourth-order valence-corrected chi connectivity index (χ4v) is 7.03. The van der Waals surface area contributed by atoms with E-state index in [-0.39, 0.29) is 17.8 Å². The number of benzene rings is 1. The van der Waals surface area contributed by atoms with Crippen LogP contribution in [0.25, 0.3) is 0 Å². The van der Waals surface area contributed by atoms with Crippen LogP contribution in [0.2, 0.25) is 0 Å². The molecule has 6 nitrogen and oxygen atoms in total. The number of halogens is 1. The van der Waals surface area contributed by atoms with Crippen molar-refractivity contribution < 1.29 is 28.4 Å². The topological polar surface area (TPSA) is 66.0 Å². The molecule has 6 rings (SSSR count). The highest BCUT2D eigenvalue weighted by molar-refractivity contribution is 5.75. The standard InChI is InChI=1S/C28H40FNO5/c1-18-9-14-23-19(2)24(32-26-28(23)22(18)15-16-27(3,33-26)34-35-28)7-4-8-25(31)30-17-5-6-20-10-12-21(29)13-11-20/h10-13,18-19,22-24,26H,4-9,14-17H2,1-3H3,(H,30,31). The molecule has 8 atom stereocenters. The molecule has 7 heteroatoms. The highest BCUT2D eigenvalue weighted by Crippen LogP contribution is 2.60. The van der Waals surface area contributed by atoms with E-state index in [0.29, 0.717) is 36.6 Å². The summed E-state index contributed by atoms with van der Waals surface area (Å²) in [5, 5.41) is 3.02. The lowest BCUT2D eigenvalue weighted by molar-refractivity contribution is -0.571. The van der Waals surface area contributed by atoms with E-state index in [1.807, 2.05) is 6.92 Å². The number of amides is 1. The van der Waals surface area contributed by atoms with Crippen LogP contribution in [0.5, 0.6) is 0 Å². The summed E-state index contributed by atoms with van der Waals surface area (Å²) in [7, 11) is 0. The van der Waals surface area contributed by atoms with Crippen LogP contribution in [-0.4, -0.2) is 36.2 Å². The molecule has 8 unspecified atom stereocenters. The fourth-order valence-electron chi connectivity index (χ4n) is 7.03. The van der Waals surface area contributed by atoms with E-state index >= 15 is 0 Å². The van der Waals surface area contributed by atoms with E-state index in [9.17, 15) is 9.18 Å². The Hall–Kier alpha value is -1.54. The van der Waals surface area contributed by atoms with Gasteiger partial charge in [0.05, 0.1) is 6.10 Å². The normalized spacial score (nSPS) is 40.1. The lowest BCUT2D eigenvalue weighted by atomic mass is 9.57. The second-order valence-corrected chi connectivity index (χ2v) is 11.4. The second kappa shape index (κ2) is 10.1. The van der Waals surface area contributed by atoms with Crippen LogP contribution in [-0.2, 0) is 30.5 Å². The van der Waals surface area contributed by atoms with Gasteiger partial charge in [-0.1, -0.05) is 26.0 Å². The Morgan fingerprint density at radius 2 is 1.89 bits per heavy atom. The van der Waals surface area contributed by atoms with Gasteiger partial charge in [-0.05, 0) is 87.3 Å². The molecule has 1 aromatic carbocycles. The minimum atomic E-state index is -0.754. The number of rotatable bonds is 8. The van der Waals surface area contributed by atoms with Crippen LogP contribution in [0.1, 0.15) is 77.7 Å². The average Bonchev–Trinajstić information content (AvgIpc) is 3.07. The molecule has 35 heavy (non-hydrogen) atoms. The van der Waals surface area contributed by atoms with Crippen molar-refractivity contribution in [2.45, 2.75) is 102 Å². The van der Waals surface area contributed by atoms with E-state index in [2.05, 4.69) is 19.2 Å². The maximum Gasteiger partial charge on any atom is 0.219 e. The van der Waals surface area contributed by atoms with Gasteiger partial charge in [-0.25, -0.2) is 14.2 Å². The van der Waals surface area contributed by atoms with Crippen molar-refractivity contribution in [2.75, 3.05) is 6.54 Å². The molecular formula is C28H40FNO5. The van der Waals surface area contributed by atoms with E-state index in [1.54, 1.807) is 12.1 Å². The molecule has 194 valence electrons. The number of carbonyl (C=O) groups excluding carboxylic acids is 1. The van der Waals surface area contributed by atoms with Crippen molar-refractivity contribution in [2.24, 2.45) is 23.7 Å². The first-order chi connectivity index (χ1) is 16.8. The maximum absolute atomic E-state index is 13.0. The van der Waals surface area contributed by atoms with Gasteiger partial charge in [0, 0.05) is 25.3 Å². The van der Waals surface area contributed by atoms with Crippen molar-refractivity contribution in [1.82, 2.24) is 5.32 Å². The van der Waals surface area contributed by atoms with E-state index < -0.39 is 17.7 Å². The van der Waals surface area contributed by atoms with Crippen molar-refractivity contribution >= 4 is 5.91 Å². The predicted molar refractivity (Wildman–Crippen MR) is 128 cm³/mol. The molecule has 5 fully saturated rings. The number of fused-ring (bicyclic) bond motifs is 2. The summed E-state index contributed by atoms with van der Waals surface area (Å²) in [6, 6.07) is 6.54. The quantitative estimate of drug-likeness (QED) is 0.397. The van der Waals surface area contributed by atoms with Gasteiger partial charge in [-0.15, -0.1) is 0 Å². The first-order valence-corrected chi connectivity index (χ1v) is 13.5. The Labute approximate surface area is 208 Å². The Bertz CT molecular complexity index is 896. The zero-order valence-electron chi connectivity index (χ0n) is 21.3. The zero-order chi connectivity index (χ0) is 24.6. The van der Waals surface area contributed by atoms with Gasteiger partial charge in [-0.3, -0.25) is 4.79 Å². The van der Waals surface area contributed by atoms with Crippen molar-refractivity contribution in [3.8, 4) is 0 Å². The number of carbonyl (C=O) groups is 1. The van der Waals surface area contributed by atoms with Gasteiger partial charge in [-0.2, -0.15) is 0 Å². The first kappa shape index (κ1) is 25.1. The van der Waals surface area contributed by atoms with Gasteiger partial charge in [0.25, 0.3) is 0 Å². The number of nitrogens with one attached hydrogen (secondary N) is 1. The number of ether oxygens (including phenoxy) is 2. The maximum atomic E-state index is 13.0. The largest absolute Gasteiger partial charge is 0.356 e. The summed E-state index contributed by atoms with van der Waals surface area (Å²) in [6.07, 6.45) is 7.52. The van der Waals surface area contributed by atoms with E-state index in [0.717, 1.165) is 50.5 Å². The van der Waals surface area contributed by atoms with Gasteiger partial charge >= 0.3 is 0 Å². The van der Waals surface area contributed by atoms with Gasteiger partial charge in [0.2, 0.25) is 11.7 Å². The van der Waals surface area contributed by atoms with Crippen LogP contribution < -0.4 is 5.32 Å². The van der Waals surface area contributed by atoms with Gasteiger partial charge in [0.15, 0.2) is 11.9 Å². The number of aryl methyl sites for hydroxylation is 1. The molecule has 4 heterocycles. The van der Waals surface area contributed by atoms with Crippen LogP contribution in [0.4, 0.5) is 4.39 Å². The predicted octanol–water partition coefficient (Wildman–Crippen LogP) is 5.30. The molecule has 2 bridgehead atoms. The SMILES string of the molecule is CC1CCC2C(C)C(CCCC(=O)NCCCc3ccc(F)cc3)OC3OC4(C)CCC1C32OO4. The third-order valence-electron chi connectivity index (χ3n) is 9.07. The molecule has 1 aliphatic carbocycles. The molecule has 0 radical (unpaired) electrons. The van der Waals surface area contributed by atoms with Crippen molar-refractivity contribution in [3.05, 3.63) is 35.6 Å². The van der Waals surface area contributed by atoms with Crippen LogP contribution in [0, 0.1) is 29.5 Å². The lowest BCUT2D eigenvalue weighted by Gasteiger charge is -2.60. The van der Waals surface area contributed by atoms with Gasteiger partial charge in [0.1, 0.15) is 5.82 Å². The van der Waals surface area contributed by atoms with Crippen LogP contribution in [0.3, 0.4) is 0 Å². The molecule has 4 saturated heterocycles. The van der Waals surface area contributed by atoms with Gasteiger partial charge < -0.3 is 14.8 Å². The third kappa shape index (κ3) is 4.89. The summed E-state index contributed by atoms with van der Waals surface area (Å²) in [4.78, 5) is 24.5. The zero-order valence-corrected chi connectivity index (χ0v) is 21.3. The second-order valence-electron chi connectivity index (χ2n) is 11.4. The Balaban J connectivity index is 1.11. The van der Waals surface area contributed by atoms with Crippen LogP contribution >= 0.6 is 0 Å². The van der Waals surface area contributed by atoms with Crippen molar-refractivity contribution in [3.63, 3.8) is 0 Å². The first-order valence-electron chi connectivity index (χ1n) is 13.5. The monoisotopic (exact) mass is 489 g/mol. The molecular weight excluding hydrogens is 449 g/mol. The molecule has 1 spiro atoms. The molecule has 1 amide bonds. The molecule has 5 aliphatic rings. The Morgan fingerprint density at radius 3 is 2.69 bits per heavy atom. The summed E-state index contributed by atoms with van der Waals surface area (Å²) >= 11 is 0. The minimum absolute atomic E-state index is 0.0440. The molecule has 4 aliphatic heterocycles. The Morgan fingerprint density at radius 1 is 1.09 bits per heavy atom. The Kier molecular flexibility index (Phi) is 7.23. The molecule has 1 N–H and O–H groups in total. The third-order valence-corrected chi connectivity index (χ3v) is 9.07. The van der Waals surface area contributed by atoms with Crippen molar-refractivity contribution in [1.29, 1.82) is 0 Å². The summed E-state index contributed by atoms with van der Waals surface area (Å²) in [5.74, 6) is 0.672. The van der Waals surface area contributed by atoms with E-state index in [1.165, 1.54) is 18.6 Å². The van der Waals surface area contributed by atoms with Crippen LogP contribution in [0.15, 0.2) is 24.3 Å². The molecule has 1 saturated carbocycles. The number of hydrogen-bond donors (Lipinski definition) is 1. The summed E-state index contributed by atoms with van der Waals surface area (Å²) in [5.41, 5.74) is 0.560. The summed E-state index contributed by atoms with van der Waals surface area (Å²) < 4.78 is 26.0. The lowest BCUT2D eigenvalue weighted by Crippen LogP contribution is -2.70. The highest BCUT2D eigenvalue weighted by Gasteiger charge is 2.69. The smallest absolute Gasteiger partial charge is 0.219 e. The fraction of sp³-hybridized carbons (Fsp3) is 0.750.